The number of non-ortho nitro benzene ring substituents is 1. The molecule has 0 aliphatic heterocycles. The van der Waals surface area contributed by atoms with Crippen LogP contribution in [-0.4, -0.2) is 19.2 Å². The molecule has 0 aliphatic carbocycles. The normalized spacial score (nSPS) is 11.1. The lowest BCUT2D eigenvalue weighted by Gasteiger charge is -2.12. The number of nitrogens with zero attached hydrogens (tertiary/aromatic N) is 1. The van der Waals surface area contributed by atoms with Gasteiger partial charge in [0, 0.05) is 17.8 Å². The standard InChI is InChI=1S/C21H18ClN3O5S/c1-13-3-8-17(9-4-13)31(29,30)24-15-6-10-19(22)18(11-15)21(26)23-20-12-16(25(27)28)7-5-14(20)2/h3-12,24H,1-2H3,(H,23,26). The molecule has 0 heterocycles. The molecular formula is C21H18ClN3O5S. The monoisotopic (exact) mass is 459 g/mol. The Kier molecular flexibility index (Phi) is 6.28. The number of hydrogen-bond donors (Lipinski definition) is 2. The SMILES string of the molecule is Cc1ccc(S(=O)(=O)Nc2ccc(Cl)c(C(=O)Nc3cc([N+](=O)[O-])ccc3C)c2)cc1. The molecule has 3 aromatic rings. The molecule has 8 nitrogen and oxygen atoms in total. The second-order valence-corrected chi connectivity index (χ2v) is 8.91. The quantitative estimate of drug-likeness (QED) is 0.400. The number of amides is 1. The molecule has 160 valence electrons. The van der Waals surface area contributed by atoms with Gasteiger partial charge in [0.1, 0.15) is 0 Å². The first-order valence-electron chi connectivity index (χ1n) is 9.02. The van der Waals surface area contributed by atoms with Gasteiger partial charge in [-0.2, -0.15) is 0 Å². The van der Waals surface area contributed by atoms with Gasteiger partial charge in [-0.05, 0) is 49.7 Å². The first-order chi connectivity index (χ1) is 14.6. The molecule has 0 atom stereocenters. The van der Waals surface area contributed by atoms with Crippen LogP contribution in [0.25, 0.3) is 0 Å². The minimum absolute atomic E-state index is 0.0108. The topological polar surface area (TPSA) is 118 Å². The Morgan fingerprint density at radius 2 is 1.68 bits per heavy atom. The fourth-order valence-electron chi connectivity index (χ4n) is 2.74. The minimum Gasteiger partial charge on any atom is -0.321 e. The molecule has 10 heteroatoms. The Labute approximate surface area is 184 Å². The number of rotatable bonds is 6. The summed E-state index contributed by atoms with van der Waals surface area (Å²) in [5, 5.41) is 13.7. The highest BCUT2D eigenvalue weighted by Crippen LogP contribution is 2.26. The van der Waals surface area contributed by atoms with Crippen molar-refractivity contribution >= 4 is 44.6 Å². The van der Waals surface area contributed by atoms with Gasteiger partial charge in [-0.25, -0.2) is 8.42 Å². The van der Waals surface area contributed by atoms with Crippen LogP contribution in [0.5, 0.6) is 0 Å². The van der Waals surface area contributed by atoms with Gasteiger partial charge in [-0.15, -0.1) is 0 Å². The first-order valence-corrected chi connectivity index (χ1v) is 10.9. The molecule has 3 aromatic carbocycles. The van der Waals surface area contributed by atoms with Gasteiger partial charge in [-0.1, -0.05) is 35.4 Å². The zero-order valence-electron chi connectivity index (χ0n) is 16.5. The lowest BCUT2D eigenvalue weighted by Crippen LogP contribution is -2.16. The molecule has 31 heavy (non-hydrogen) atoms. The van der Waals surface area contributed by atoms with Crippen molar-refractivity contribution in [2.75, 3.05) is 10.0 Å². The number of anilines is 2. The van der Waals surface area contributed by atoms with Crippen molar-refractivity contribution in [1.82, 2.24) is 0 Å². The summed E-state index contributed by atoms with van der Waals surface area (Å²) in [4.78, 5) is 23.3. The van der Waals surface area contributed by atoms with E-state index >= 15 is 0 Å². The number of carbonyl (C=O) groups excluding carboxylic acids is 1. The van der Waals surface area contributed by atoms with E-state index in [1.807, 2.05) is 6.92 Å². The van der Waals surface area contributed by atoms with E-state index in [1.165, 1.54) is 48.5 Å². The Balaban J connectivity index is 1.87. The number of aryl methyl sites for hydroxylation is 2. The number of sulfonamides is 1. The number of nitro groups is 1. The smallest absolute Gasteiger partial charge is 0.271 e. The summed E-state index contributed by atoms with van der Waals surface area (Å²) >= 11 is 6.14. The maximum Gasteiger partial charge on any atom is 0.271 e. The second kappa shape index (κ2) is 8.75. The summed E-state index contributed by atoms with van der Waals surface area (Å²) in [6.45, 7) is 3.53. The molecule has 0 spiro atoms. The number of nitrogens with one attached hydrogen (secondary N) is 2. The van der Waals surface area contributed by atoms with Gasteiger partial charge in [0.25, 0.3) is 21.6 Å². The number of benzene rings is 3. The molecule has 0 fully saturated rings. The molecule has 0 saturated heterocycles. The van der Waals surface area contributed by atoms with Crippen LogP contribution in [0.15, 0.2) is 65.6 Å². The van der Waals surface area contributed by atoms with E-state index in [-0.39, 0.29) is 32.5 Å². The average molecular weight is 460 g/mol. The summed E-state index contributed by atoms with van der Waals surface area (Å²) in [5.74, 6) is -0.634. The fraction of sp³-hybridized carbons (Fsp3) is 0.0952. The zero-order chi connectivity index (χ0) is 22.8. The summed E-state index contributed by atoms with van der Waals surface area (Å²) < 4.78 is 27.6. The zero-order valence-corrected chi connectivity index (χ0v) is 18.1. The molecule has 0 bridgehead atoms. The van der Waals surface area contributed by atoms with Crippen LogP contribution in [0.1, 0.15) is 21.5 Å². The highest BCUT2D eigenvalue weighted by atomic mass is 35.5. The average Bonchev–Trinajstić information content (AvgIpc) is 2.71. The third-order valence-corrected chi connectivity index (χ3v) is 6.20. The van der Waals surface area contributed by atoms with Crippen LogP contribution >= 0.6 is 11.6 Å². The van der Waals surface area contributed by atoms with Crippen molar-refractivity contribution < 1.29 is 18.1 Å². The van der Waals surface area contributed by atoms with Crippen LogP contribution in [0.2, 0.25) is 5.02 Å². The summed E-state index contributed by atoms with van der Waals surface area (Å²) in [7, 11) is -3.87. The first kappa shape index (κ1) is 22.3. The van der Waals surface area contributed by atoms with Crippen molar-refractivity contribution in [1.29, 1.82) is 0 Å². The number of nitro benzene ring substituents is 1. The highest BCUT2D eigenvalue weighted by Gasteiger charge is 2.18. The van der Waals surface area contributed by atoms with Gasteiger partial charge in [0.2, 0.25) is 0 Å². The molecule has 2 N–H and O–H groups in total. The molecule has 0 saturated carbocycles. The lowest BCUT2D eigenvalue weighted by molar-refractivity contribution is -0.384. The van der Waals surface area contributed by atoms with Crippen LogP contribution in [0, 0.1) is 24.0 Å². The number of halogens is 1. The van der Waals surface area contributed by atoms with E-state index in [0.29, 0.717) is 5.56 Å². The maximum absolute atomic E-state index is 12.8. The van der Waals surface area contributed by atoms with Gasteiger partial charge in [0.05, 0.1) is 26.1 Å². The highest BCUT2D eigenvalue weighted by molar-refractivity contribution is 7.92. The molecule has 0 aromatic heterocycles. The third-order valence-electron chi connectivity index (χ3n) is 4.47. The summed E-state index contributed by atoms with van der Waals surface area (Å²) in [6.07, 6.45) is 0. The lowest BCUT2D eigenvalue weighted by atomic mass is 10.1. The maximum atomic E-state index is 12.8. The molecule has 0 unspecified atom stereocenters. The van der Waals surface area contributed by atoms with Crippen molar-refractivity contribution in [2.45, 2.75) is 18.7 Å². The molecule has 1 amide bonds. The largest absolute Gasteiger partial charge is 0.321 e. The van der Waals surface area contributed by atoms with E-state index in [1.54, 1.807) is 19.1 Å². The number of hydrogen-bond acceptors (Lipinski definition) is 5. The molecule has 0 aliphatic rings. The predicted molar refractivity (Wildman–Crippen MR) is 119 cm³/mol. The van der Waals surface area contributed by atoms with E-state index in [4.69, 9.17) is 11.6 Å². The van der Waals surface area contributed by atoms with Crippen LogP contribution in [0.3, 0.4) is 0 Å². The van der Waals surface area contributed by atoms with Crippen LogP contribution < -0.4 is 10.0 Å². The van der Waals surface area contributed by atoms with Gasteiger partial charge in [0.15, 0.2) is 0 Å². The Morgan fingerprint density at radius 3 is 2.32 bits per heavy atom. The second-order valence-electron chi connectivity index (χ2n) is 6.82. The molecule has 0 radical (unpaired) electrons. The Morgan fingerprint density at radius 1 is 1.00 bits per heavy atom. The predicted octanol–water partition coefficient (Wildman–Crippen LogP) is 4.92. The van der Waals surface area contributed by atoms with E-state index in [0.717, 1.165) is 5.56 Å². The fourth-order valence-corrected chi connectivity index (χ4v) is 4.00. The molecular weight excluding hydrogens is 442 g/mol. The minimum atomic E-state index is -3.87. The summed E-state index contributed by atoms with van der Waals surface area (Å²) in [6, 6.07) is 14.5. The van der Waals surface area contributed by atoms with Crippen molar-refractivity contribution in [3.63, 3.8) is 0 Å². The van der Waals surface area contributed by atoms with Crippen LogP contribution in [0.4, 0.5) is 17.1 Å². The Hall–Kier alpha value is -3.43. The molecule has 3 rings (SSSR count). The third kappa shape index (κ3) is 5.19. The van der Waals surface area contributed by atoms with E-state index in [9.17, 15) is 23.3 Å². The van der Waals surface area contributed by atoms with E-state index in [2.05, 4.69) is 10.0 Å². The van der Waals surface area contributed by atoms with Crippen molar-refractivity contribution in [3.8, 4) is 0 Å². The van der Waals surface area contributed by atoms with Crippen LogP contribution in [-0.2, 0) is 10.0 Å². The number of carbonyl (C=O) groups is 1. The van der Waals surface area contributed by atoms with Gasteiger partial charge >= 0.3 is 0 Å². The van der Waals surface area contributed by atoms with Crippen molar-refractivity contribution in [3.05, 3.63) is 92.5 Å². The Bertz CT molecular complexity index is 1270. The van der Waals surface area contributed by atoms with E-state index < -0.39 is 20.9 Å². The van der Waals surface area contributed by atoms with Crippen molar-refractivity contribution in [2.24, 2.45) is 0 Å². The summed E-state index contributed by atoms with van der Waals surface area (Å²) in [5.41, 5.74) is 1.77. The van der Waals surface area contributed by atoms with Gasteiger partial charge < -0.3 is 5.32 Å². The van der Waals surface area contributed by atoms with Gasteiger partial charge in [-0.3, -0.25) is 19.6 Å².